The molecule has 1 aliphatic rings. The van der Waals surface area contributed by atoms with Crippen molar-refractivity contribution in [2.24, 2.45) is 0 Å². The number of thiazole rings is 1. The lowest BCUT2D eigenvalue weighted by atomic mass is 10.2. The van der Waals surface area contributed by atoms with Gasteiger partial charge in [-0.1, -0.05) is 35.2 Å². The molecule has 0 radical (unpaired) electrons. The number of ether oxygens (including phenoxy) is 1. The monoisotopic (exact) mass is 419 g/mol. The molecule has 2 aromatic heterocycles. The van der Waals surface area contributed by atoms with E-state index >= 15 is 0 Å². The van der Waals surface area contributed by atoms with Crippen molar-refractivity contribution in [1.29, 1.82) is 0 Å². The Bertz CT molecular complexity index is 960. The molecule has 1 aliphatic heterocycles. The minimum Gasteiger partial charge on any atom is -0.378 e. The van der Waals surface area contributed by atoms with Gasteiger partial charge in [0.05, 0.1) is 19.0 Å². The van der Waals surface area contributed by atoms with Crippen molar-refractivity contribution in [3.8, 4) is 0 Å². The number of hydrogen-bond donors (Lipinski definition) is 1. The van der Waals surface area contributed by atoms with E-state index in [4.69, 9.17) is 4.74 Å². The predicted molar refractivity (Wildman–Crippen MR) is 107 cm³/mol. The van der Waals surface area contributed by atoms with Crippen LogP contribution in [0.5, 0.6) is 0 Å². The van der Waals surface area contributed by atoms with Gasteiger partial charge in [0.25, 0.3) is 0 Å². The standard InChI is InChI=1S/C18H18FN5O2S2/c19-13-3-1-12(2-4-13)9-20-14(25)10-27-17-15-16(21-11-22-17)23-18(28-15)24-5-7-26-8-6-24/h1-4,11H,5-10H2,(H,20,25). The Morgan fingerprint density at radius 3 is 2.82 bits per heavy atom. The lowest BCUT2D eigenvalue weighted by Crippen LogP contribution is -2.36. The first kappa shape index (κ1) is 19.0. The molecule has 0 saturated carbocycles. The van der Waals surface area contributed by atoms with Crippen LogP contribution in [0.2, 0.25) is 0 Å². The zero-order chi connectivity index (χ0) is 19.3. The molecule has 1 amide bonds. The van der Waals surface area contributed by atoms with Crippen LogP contribution in [-0.4, -0.2) is 52.9 Å². The molecule has 1 aromatic carbocycles. The Kier molecular flexibility index (Phi) is 5.98. The second-order valence-electron chi connectivity index (χ2n) is 6.12. The van der Waals surface area contributed by atoms with E-state index in [0.717, 1.165) is 33.5 Å². The quantitative estimate of drug-likeness (QED) is 0.486. The molecule has 1 saturated heterocycles. The molecule has 4 rings (SSSR count). The molecule has 28 heavy (non-hydrogen) atoms. The summed E-state index contributed by atoms with van der Waals surface area (Å²) in [4.78, 5) is 27.5. The molecule has 1 N–H and O–H groups in total. The van der Waals surface area contributed by atoms with Crippen LogP contribution < -0.4 is 10.2 Å². The number of fused-ring (bicyclic) bond motifs is 1. The number of amides is 1. The minimum absolute atomic E-state index is 0.112. The number of benzene rings is 1. The molecular formula is C18H18FN5O2S2. The van der Waals surface area contributed by atoms with Crippen LogP contribution in [0.4, 0.5) is 9.52 Å². The van der Waals surface area contributed by atoms with Crippen LogP contribution in [-0.2, 0) is 16.1 Å². The summed E-state index contributed by atoms with van der Waals surface area (Å²) < 4.78 is 19.2. The summed E-state index contributed by atoms with van der Waals surface area (Å²) in [5.41, 5.74) is 1.50. The van der Waals surface area contributed by atoms with Gasteiger partial charge < -0.3 is 15.0 Å². The maximum Gasteiger partial charge on any atom is 0.230 e. The Labute approximate surface area is 169 Å². The van der Waals surface area contributed by atoms with E-state index in [1.165, 1.54) is 41.6 Å². The molecule has 1 fully saturated rings. The summed E-state index contributed by atoms with van der Waals surface area (Å²) in [5, 5.41) is 4.49. The topological polar surface area (TPSA) is 80.2 Å². The first-order valence-corrected chi connectivity index (χ1v) is 10.6. The molecule has 0 atom stereocenters. The summed E-state index contributed by atoms with van der Waals surface area (Å²) >= 11 is 2.90. The van der Waals surface area contributed by atoms with Crippen molar-refractivity contribution in [2.45, 2.75) is 11.6 Å². The molecule has 10 heteroatoms. The van der Waals surface area contributed by atoms with Crippen molar-refractivity contribution in [3.05, 3.63) is 42.0 Å². The van der Waals surface area contributed by atoms with Gasteiger partial charge in [-0.2, -0.15) is 4.98 Å². The first-order chi connectivity index (χ1) is 13.7. The van der Waals surface area contributed by atoms with Crippen LogP contribution in [0.1, 0.15) is 5.56 Å². The number of carbonyl (C=O) groups is 1. The van der Waals surface area contributed by atoms with Crippen LogP contribution >= 0.6 is 23.1 Å². The number of nitrogens with one attached hydrogen (secondary N) is 1. The van der Waals surface area contributed by atoms with Crippen molar-refractivity contribution in [2.75, 3.05) is 37.0 Å². The lowest BCUT2D eigenvalue weighted by molar-refractivity contribution is -0.118. The summed E-state index contributed by atoms with van der Waals surface area (Å²) in [6.07, 6.45) is 1.48. The van der Waals surface area contributed by atoms with Crippen molar-refractivity contribution in [3.63, 3.8) is 0 Å². The number of thioether (sulfide) groups is 1. The molecule has 0 aliphatic carbocycles. The molecule has 3 heterocycles. The van der Waals surface area contributed by atoms with E-state index in [9.17, 15) is 9.18 Å². The zero-order valence-electron chi connectivity index (χ0n) is 14.9. The Morgan fingerprint density at radius 2 is 2.04 bits per heavy atom. The highest BCUT2D eigenvalue weighted by Gasteiger charge is 2.18. The van der Waals surface area contributed by atoms with Gasteiger partial charge in [-0.05, 0) is 17.7 Å². The van der Waals surface area contributed by atoms with Crippen LogP contribution in [0.25, 0.3) is 10.3 Å². The smallest absolute Gasteiger partial charge is 0.230 e. The van der Waals surface area contributed by atoms with E-state index in [1.54, 1.807) is 12.1 Å². The van der Waals surface area contributed by atoms with Crippen LogP contribution in [0.3, 0.4) is 0 Å². The zero-order valence-corrected chi connectivity index (χ0v) is 16.6. The van der Waals surface area contributed by atoms with Gasteiger partial charge in [-0.15, -0.1) is 0 Å². The number of aromatic nitrogens is 3. The van der Waals surface area contributed by atoms with E-state index in [1.807, 2.05) is 0 Å². The number of morpholine rings is 1. The second kappa shape index (κ2) is 8.80. The number of rotatable bonds is 6. The maximum atomic E-state index is 12.9. The lowest BCUT2D eigenvalue weighted by Gasteiger charge is -2.25. The van der Waals surface area contributed by atoms with Gasteiger partial charge in [0.15, 0.2) is 10.8 Å². The molecule has 0 bridgehead atoms. The number of nitrogens with zero attached hydrogens (tertiary/aromatic N) is 4. The highest BCUT2D eigenvalue weighted by Crippen LogP contribution is 2.33. The highest BCUT2D eigenvalue weighted by atomic mass is 32.2. The Morgan fingerprint density at radius 1 is 1.25 bits per heavy atom. The first-order valence-electron chi connectivity index (χ1n) is 8.77. The van der Waals surface area contributed by atoms with Gasteiger partial charge in [-0.3, -0.25) is 4.79 Å². The van der Waals surface area contributed by atoms with Crippen LogP contribution in [0.15, 0.2) is 35.6 Å². The third-order valence-corrected chi connectivity index (χ3v) is 6.40. The number of carbonyl (C=O) groups excluding carboxylic acids is 1. The third-order valence-electron chi connectivity index (χ3n) is 4.17. The fourth-order valence-electron chi connectivity index (χ4n) is 2.70. The summed E-state index contributed by atoms with van der Waals surface area (Å²) in [5.74, 6) is -0.170. The molecule has 7 nitrogen and oxygen atoms in total. The van der Waals surface area contributed by atoms with E-state index in [-0.39, 0.29) is 17.5 Å². The van der Waals surface area contributed by atoms with Crippen molar-refractivity contribution >= 4 is 44.5 Å². The Balaban J connectivity index is 1.37. The molecular weight excluding hydrogens is 401 g/mol. The number of halogens is 1. The Hall–Kier alpha value is -2.30. The normalized spacial score (nSPS) is 14.4. The van der Waals surface area contributed by atoms with Crippen LogP contribution in [0, 0.1) is 5.82 Å². The summed E-state index contributed by atoms with van der Waals surface area (Å²) in [6.45, 7) is 3.36. The van der Waals surface area contributed by atoms with Gasteiger partial charge in [-0.25, -0.2) is 14.4 Å². The summed E-state index contributed by atoms with van der Waals surface area (Å²) in [6, 6.07) is 6.07. The van der Waals surface area contributed by atoms with Crippen molar-refractivity contribution in [1.82, 2.24) is 20.3 Å². The number of hydrogen-bond acceptors (Lipinski definition) is 8. The van der Waals surface area contributed by atoms with Crippen molar-refractivity contribution < 1.29 is 13.9 Å². The minimum atomic E-state index is -0.292. The second-order valence-corrected chi connectivity index (χ2v) is 8.06. The largest absolute Gasteiger partial charge is 0.378 e. The molecule has 0 unspecified atom stereocenters. The third kappa shape index (κ3) is 4.57. The SMILES string of the molecule is O=C(CSc1ncnc2nc(N3CCOCC3)sc12)NCc1ccc(F)cc1. The highest BCUT2D eigenvalue weighted by molar-refractivity contribution is 8.00. The van der Waals surface area contributed by atoms with Gasteiger partial charge in [0.2, 0.25) is 5.91 Å². The van der Waals surface area contributed by atoms with E-state index in [0.29, 0.717) is 25.4 Å². The predicted octanol–water partition coefficient (Wildman–Crippen LogP) is 2.47. The van der Waals surface area contributed by atoms with Gasteiger partial charge in [0.1, 0.15) is 21.9 Å². The average Bonchev–Trinajstić information content (AvgIpc) is 3.17. The fraction of sp³-hybridized carbons (Fsp3) is 0.333. The van der Waals surface area contributed by atoms with Gasteiger partial charge in [0, 0.05) is 19.6 Å². The van der Waals surface area contributed by atoms with E-state index in [2.05, 4.69) is 25.2 Å². The van der Waals surface area contributed by atoms with E-state index < -0.39 is 0 Å². The number of anilines is 1. The summed E-state index contributed by atoms with van der Waals surface area (Å²) in [7, 11) is 0. The fourth-order valence-corrected chi connectivity index (χ4v) is 4.67. The maximum absolute atomic E-state index is 12.9. The molecule has 3 aromatic rings. The van der Waals surface area contributed by atoms with Gasteiger partial charge >= 0.3 is 0 Å². The molecule has 146 valence electrons. The molecule has 0 spiro atoms. The average molecular weight is 420 g/mol.